The Morgan fingerprint density at radius 3 is 2.57 bits per heavy atom. The van der Waals surface area contributed by atoms with Gasteiger partial charge in [-0.25, -0.2) is 0 Å². The van der Waals surface area contributed by atoms with E-state index in [1.165, 1.54) is 0 Å². The van der Waals surface area contributed by atoms with Gasteiger partial charge in [0.2, 0.25) is 6.41 Å². The zero-order valence-corrected chi connectivity index (χ0v) is 11.8. The molecule has 2 amide bonds. The lowest BCUT2D eigenvalue weighted by Crippen LogP contribution is -2.43. The number of benzene rings is 1. The third-order valence-corrected chi connectivity index (χ3v) is 3.82. The molecule has 0 radical (unpaired) electrons. The highest BCUT2D eigenvalue weighted by molar-refractivity contribution is 6.31. The first-order chi connectivity index (χ1) is 10.2. The van der Waals surface area contributed by atoms with Gasteiger partial charge in [0, 0.05) is 43.6 Å². The van der Waals surface area contributed by atoms with Gasteiger partial charge < -0.3 is 19.9 Å². The summed E-state index contributed by atoms with van der Waals surface area (Å²) in [5.74, 6) is 0.623. The van der Waals surface area contributed by atoms with Crippen molar-refractivity contribution in [1.82, 2.24) is 9.80 Å². The number of ether oxygens (including phenoxy) is 1. The molecule has 1 N–H and O–H groups in total. The van der Waals surface area contributed by atoms with Crippen LogP contribution in [0.5, 0.6) is 5.75 Å². The molecule has 0 bridgehead atoms. The summed E-state index contributed by atoms with van der Waals surface area (Å²) < 4.78 is 5.22. The van der Waals surface area contributed by atoms with Gasteiger partial charge in [-0.15, -0.1) is 0 Å². The van der Waals surface area contributed by atoms with E-state index in [0.717, 1.165) is 36.5 Å². The molecule has 3 rings (SSSR count). The van der Waals surface area contributed by atoms with E-state index >= 15 is 0 Å². The summed E-state index contributed by atoms with van der Waals surface area (Å²) >= 11 is 0. The zero-order valence-electron chi connectivity index (χ0n) is 11.8. The Bertz CT molecular complexity index is 604. The van der Waals surface area contributed by atoms with E-state index in [0.29, 0.717) is 18.7 Å². The number of piperazine rings is 1. The average Bonchev–Trinajstić information content (AvgIpc) is 2.83. The Hall–Kier alpha value is -2.50. The first-order valence-electron chi connectivity index (χ1n) is 6.86. The fraction of sp³-hybridized carbons (Fsp3) is 0.333. The fourth-order valence-corrected chi connectivity index (χ4v) is 2.58. The molecule has 1 fully saturated rings. The molecule has 1 aromatic carbocycles. The van der Waals surface area contributed by atoms with Crippen molar-refractivity contribution >= 4 is 23.6 Å². The molecular formula is C15H17N3O3. The Balaban J connectivity index is 1.84. The lowest BCUT2D eigenvalue weighted by atomic mass is 10.1. The van der Waals surface area contributed by atoms with Crippen molar-refractivity contribution in [1.29, 1.82) is 0 Å². The third kappa shape index (κ3) is 2.56. The standard InChI is InChI=1S/C15H17N3O3/c1-21-11-2-3-14-12(8-11)13(15(20)16-14)9-17-4-6-18(10-19)7-5-17/h2-3,8-10H,4-7H2,1H3,(H,16,20)/b13-9+. The van der Waals surface area contributed by atoms with Gasteiger partial charge in [0.25, 0.3) is 5.91 Å². The number of amides is 2. The number of hydrogen-bond acceptors (Lipinski definition) is 4. The maximum atomic E-state index is 12.1. The molecule has 2 heterocycles. The number of rotatable bonds is 3. The highest BCUT2D eigenvalue weighted by Crippen LogP contribution is 2.34. The van der Waals surface area contributed by atoms with Gasteiger partial charge >= 0.3 is 0 Å². The van der Waals surface area contributed by atoms with E-state index < -0.39 is 0 Å². The molecule has 0 aliphatic carbocycles. The van der Waals surface area contributed by atoms with Crippen LogP contribution in [0.4, 0.5) is 5.69 Å². The van der Waals surface area contributed by atoms with Crippen LogP contribution in [0.25, 0.3) is 5.57 Å². The molecule has 6 nitrogen and oxygen atoms in total. The van der Waals surface area contributed by atoms with Crippen LogP contribution in [-0.2, 0) is 9.59 Å². The predicted molar refractivity (Wildman–Crippen MR) is 78.8 cm³/mol. The van der Waals surface area contributed by atoms with Gasteiger partial charge in [0.15, 0.2) is 0 Å². The molecule has 21 heavy (non-hydrogen) atoms. The number of hydrogen-bond donors (Lipinski definition) is 1. The van der Waals surface area contributed by atoms with Crippen LogP contribution < -0.4 is 10.1 Å². The summed E-state index contributed by atoms with van der Waals surface area (Å²) in [4.78, 5) is 26.6. The van der Waals surface area contributed by atoms with Gasteiger partial charge in [-0.3, -0.25) is 9.59 Å². The number of nitrogens with zero attached hydrogens (tertiary/aromatic N) is 2. The van der Waals surface area contributed by atoms with Gasteiger partial charge in [-0.2, -0.15) is 0 Å². The Morgan fingerprint density at radius 1 is 1.19 bits per heavy atom. The molecule has 0 unspecified atom stereocenters. The van der Waals surface area contributed by atoms with Crippen molar-refractivity contribution in [3.05, 3.63) is 30.0 Å². The summed E-state index contributed by atoms with van der Waals surface area (Å²) in [6, 6.07) is 5.53. The monoisotopic (exact) mass is 287 g/mol. The predicted octanol–water partition coefficient (Wildman–Crippen LogP) is 0.762. The van der Waals surface area contributed by atoms with Gasteiger partial charge in [-0.1, -0.05) is 0 Å². The van der Waals surface area contributed by atoms with Crippen LogP contribution in [0, 0.1) is 0 Å². The van der Waals surface area contributed by atoms with E-state index in [-0.39, 0.29) is 5.91 Å². The number of methoxy groups -OCH3 is 1. The maximum Gasteiger partial charge on any atom is 0.257 e. The first kappa shape index (κ1) is 13.5. The smallest absolute Gasteiger partial charge is 0.257 e. The Morgan fingerprint density at radius 2 is 1.90 bits per heavy atom. The summed E-state index contributed by atoms with van der Waals surface area (Å²) in [6.45, 7) is 2.82. The Labute approximate surface area is 123 Å². The van der Waals surface area contributed by atoms with Gasteiger partial charge in [-0.05, 0) is 18.2 Å². The minimum absolute atomic E-state index is 0.101. The minimum atomic E-state index is -0.101. The van der Waals surface area contributed by atoms with Crippen molar-refractivity contribution in [2.75, 3.05) is 38.6 Å². The molecule has 0 spiro atoms. The first-order valence-corrected chi connectivity index (χ1v) is 6.86. The van der Waals surface area contributed by atoms with Crippen LogP contribution in [0.3, 0.4) is 0 Å². The van der Waals surface area contributed by atoms with Crippen LogP contribution in [0.2, 0.25) is 0 Å². The average molecular weight is 287 g/mol. The van der Waals surface area contributed by atoms with Crippen LogP contribution in [0.1, 0.15) is 5.56 Å². The lowest BCUT2D eigenvalue weighted by Gasteiger charge is -2.31. The number of fused-ring (bicyclic) bond motifs is 1. The second-order valence-corrected chi connectivity index (χ2v) is 5.09. The van der Waals surface area contributed by atoms with Crippen LogP contribution >= 0.6 is 0 Å². The quantitative estimate of drug-likeness (QED) is 0.658. The minimum Gasteiger partial charge on any atom is -0.497 e. The molecular weight excluding hydrogens is 270 g/mol. The normalized spacial score (nSPS) is 19.5. The van der Waals surface area contributed by atoms with E-state index in [1.807, 2.05) is 24.4 Å². The molecule has 1 saturated heterocycles. The molecule has 0 saturated carbocycles. The van der Waals surface area contributed by atoms with E-state index in [9.17, 15) is 9.59 Å². The molecule has 6 heteroatoms. The number of nitrogens with one attached hydrogen (secondary N) is 1. The molecule has 110 valence electrons. The van der Waals surface area contributed by atoms with Crippen molar-refractivity contribution in [2.45, 2.75) is 0 Å². The summed E-state index contributed by atoms with van der Waals surface area (Å²) in [7, 11) is 1.61. The highest BCUT2D eigenvalue weighted by atomic mass is 16.5. The van der Waals surface area contributed by atoms with Gasteiger partial charge in [0.1, 0.15) is 5.75 Å². The second-order valence-electron chi connectivity index (χ2n) is 5.09. The van der Waals surface area contributed by atoms with Gasteiger partial charge in [0.05, 0.1) is 12.7 Å². The number of carbonyl (C=O) groups excluding carboxylic acids is 2. The van der Waals surface area contributed by atoms with E-state index in [1.54, 1.807) is 12.0 Å². The van der Waals surface area contributed by atoms with Crippen molar-refractivity contribution in [2.24, 2.45) is 0 Å². The lowest BCUT2D eigenvalue weighted by molar-refractivity contribution is -0.119. The summed E-state index contributed by atoms with van der Waals surface area (Å²) in [5.41, 5.74) is 2.30. The van der Waals surface area contributed by atoms with Crippen LogP contribution in [0.15, 0.2) is 24.4 Å². The van der Waals surface area contributed by atoms with E-state index in [4.69, 9.17) is 4.74 Å². The number of anilines is 1. The number of carbonyl (C=O) groups is 2. The maximum absolute atomic E-state index is 12.1. The second kappa shape index (κ2) is 5.47. The zero-order chi connectivity index (χ0) is 14.8. The largest absolute Gasteiger partial charge is 0.497 e. The fourth-order valence-electron chi connectivity index (χ4n) is 2.58. The molecule has 2 aliphatic rings. The summed E-state index contributed by atoms with van der Waals surface area (Å²) in [6.07, 6.45) is 2.75. The van der Waals surface area contributed by atoms with Crippen molar-refractivity contribution < 1.29 is 14.3 Å². The molecule has 1 aromatic rings. The third-order valence-electron chi connectivity index (χ3n) is 3.82. The van der Waals surface area contributed by atoms with Crippen molar-refractivity contribution in [3.8, 4) is 5.75 Å². The Kier molecular flexibility index (Phi) is 3.51. The van der Waals surface area contributed by atoms with Crippen molar-refractivity contribution in [3.63, 3.8) is 0 Å². The molecule has 0 aromatic heterocycles. The molecule has 2 aliphatic heterocycles. The summed E-state index contributed by atoms with van der Waals surface area (Å²) in [5, 5.41) is 2.85. The SMILES string of the molecule is COc1ccc2c(c1)/C(=C\N1CCN(C=O)CC1)C(=O)N2. The highest BCUT2D eigenvalue weighted by Gasteiger charge is 2.26. The topological polar surface area (TPSA) is 61.9 Å². The van der Waals surface area contributed by atoms with Crippen LogP contribution in [-0.4, -0.2) is 55.4 Å². The van der Waals surface area contributed by atoms with E-state index in [2.05, 4.69) is 10.2 Å². The molecule has 0 atom stereocenters.